The summed E-state index contributed by atoms with van der Waals surface area (Å²) in [7, 11) is 0. The molecule has 0 unspecified atom stereocenters. The fourth-order valence-electron chi connectivity index (χ4n) is 3.62. The monoisotopic (exact) mass is 352 g/mol. The second kappa shape index (κ2) is 7.68. The second-order valence-corrected chi connectivity index (χ2v) is 6.81. The highest BCUT2D eigenvalue weighted by molar-refractivity contribution is 5.95. The lowest BCUT2D eigenvalue weighted by molar-refractivity contribution is 0.0746. The van der Waals surface area contributed by atoms with Crippen LogP contribution in [-0.2, 0) is 0 Å². The molecule has 7 nitrogen and oxygen atoms in total. The number of carbonyl (C=O) groups is 1. The Balaban J connectivity index is 1.40. The first kappa shape index (κ1) is 16.8. The van der Waals surface area contributed by atoms with E-state index in [1.807, 2.05) is 23.2 Å². The molecule has 1 amide bonds. The van der Waals surface area contributed by atoms with E-state index >= 15 is 0 Å². The van der Waals surface area contributed by atoms with Crippen LogP contribution in [0.1, 0.15) is 29.6 Å². The third-order valence-electron chi connectivity index (χ3n) is 5.09. The number of pyridine rings is 1. The molecule has 2 aliphatic rings. The zero-order valence-electron chi connectivity index (χ0n) is 14.9. The van der Waals surface area contributed by atoms with E-state index in [0.29, 0.717) is 18.7 Å². The number of piperidine rings is 1. The minimum atomic E-state index is 0.0602. The maximum atomic E-state index is 12.9. The van der Waals surface area contributed by atoms with Gasteiger partial charge in [-0.05, 0) is 31.4 Å². The fraction of sp³-hybridized carbons (Fsp3) is 0.474. The Morgan fingerprint density at radius 2 is 1.58 bits per heavy atom. The van der Waals surface area contributed by atoms with Gasteiger partial charge >= 0.3 is 0 Å². The van der Waals surface area contributed by atoms with Crippen LogP contribution in [0.4, 0.5) is 11.6 Å². The van der Waals surface area contributed by atoms with Gasteiger partial charge in [-0.25, -0.2) is 9.97 Å². The molecule has 136 valence electrons. The molecule has 4 heterocycles. The number of amides is 1. The molecule has 0 N–H and O–H groups in total. The summed E-state index contributed by atoms with van der Waals surface area (Å²) in [5.74, 6) is 0.790. The minimum absolute atomic E-state index is 0.0602. The zero-order chi connectivity index (χ0) is 17.8. The van der Waals surface area contributed by atoms with E-state index in [4.69, 9.17) is 0 Å². The quantitative estimate of drug-likeness (QED) is 0.840. The standard InChI is InChI=1S/C19H24N6O/c26-18(16-13-17(15-20-14-16)23-7-2-1-3-8-23)24-9-11-25(12-10-24)19-21-5-4-6-22-19/h4-6,13-15H,1-3,7-12H2. The molecule has 2 aliphatic heterocycles. The molecule has 2 aromatic heterocycles. The predicted octanol–water partition coefficient (Wildman–Crippen LogP) is 1.82. The maximum Gasteiger partial charge on any atom is 0.255 e. The number of hydrogen-bond donors (Lipinski definition) is 0. The summed E-state index contributed by atoms with van der Waals surface area (Å²) in [5, 5.41) is 0. The summed E-state index contributed by atoms with van der Waals surface area (Å²) in [5.41, 5.74) is 1.74. The maximum absolute atomic E-state index is 12.9. The Labute approximate surface area is 153 Å². The van der Waals surface area contributed by atoms with E-state index in [2.05, 4.69) is 24.8 Å². The third kappa shape index (κ3) is 3.61. The Hall–Kier alpha value is -2.70. The lowest BCUT2D eigenvalue weighted by Crippen LogP contribution is -2.49. The van der Waals surface area contributed by atoms with Crippen molar-refractivity contribution in [2.45, 2.75) is 19.3 Å². The van der Waals surface area contributed by atoms with Gasteiger partial charge in [0.15, 0.2) is 0 Å². The topological polar surface area (TPSA) is 65.5 Å². The Bertz CT molecular complexity index is 739. The molecule has 7 heteroatoms. The fourth-order valence-corrected chi connectivity index (χ4v) is 3.62. The van der Waals surface area contributed by atoms with Gasteiger partial charge in [0.25, 0.3) is 5.91 Å². The predicted molar refractivity (Wildman–Crippen MR) is 100 cm³/mol. The van der Waals surface area contributed by atoms with Crippen molar-refractivity contribution in [3.63, 3.8) is 0 Å². The third-order valence-corrected chi connectivity index (χ3v) is 5.09. The first-order valence-electron chi connectivity index (χ1n) is 9.32. The van der Waals surface area contributed by atoms with Gasteiger partial charge in [-0.15, -0.1) is 0 Å². The molecule has 0 bridgehead atoms. The van der Waals surface area contributed by atoms with Gasteiger partial charge in [0, 0.05) is 57.9 Å². The first-order valence-corrected chi connectivity index (χ1v) is 9.32. The van der Waals surface area contributed by atoms with Gasteiger partial charge in [0.2, 0.25) is 5.95 Å². The molecule has 0 atom stereocenters. The zero-order valence-corrected chi connectivity index (χ0v) is 14.9. The SMILES string of the molecule is O=C(c1cncc(N2CCCCC2)c1)N1CCN(c2ncccn2)CC1. The number of nitrogens with zero attached hydrogens (tertiary/aromatic N) is 6. The Morgan fingerprint density at radius 3 is 2.31 bits per heavy atom. The summed E-state index contributed by atoms with van der Waals surface area (Å²) in [6.07, 6.45) is 10.8. The van der Waals surface area contributed by atoms with E-state index in [9.17, 15) is 4.79 Å². The van der Waals surface area contributed by atoms with Crippen LogP contribution in [0.2, 0.25) is 0 Å². The average molecular weight is 352 g/mol. The Kier molecular flexibility index (Phi) is 4.95. The molecule has 4 rings (SSSR count). The van der Waals surface area contributed by atoms with E-state index < -0.39 is 0 Å². The van der Waals surface area contributed by atoms with E-state index in [1.165, 1.54) is 19.3 Å². The van der Waals surface area contributed by atoms with Crippen LogP contribution in [0, 0.1) is 0 Å². The minimum Gasteiger partial charge on any atom is -0.370 e. The van der Waals surface area contributed by atoms with Crippen molar-refractivity contribution >= 4 is 17.5 Å². The molecule has 0 radical (unpaired) electrons. The number of piperazine rings is 1. The number of hydrogen-bond acceptors (Lipinski definition) is 6. The number of aromatic nitrogens is 3. The van der Waals surface area contributed by atoms with Crippen LogP contribution in [0.3, 0.4) is 0 Å². The van der Waals surface area contributed by atoms with Crippen LogP contribution in [0.25, 0.3) is 0 Å². The van der Waals surface area contributed by atoms with Gasteiger partial charge in [0.05, 0.1) is 17.4 Å². The molecule has 0 aliphatic carbocycles. The molecule has 0 saturated carbocycles. The van der Waals surface area contributed by atoms with E-state index in [-0.39, 0.29) is 5.91 Å². The average Bonchev–Trinajstić information content (AvgIpc) is 2.75. The number of carbonyl (C=O) groups excluding carboxylic acids is 1. The molecule has 2 aromatic rings. The lowest BCUT2D eigenvalue weighted by Gasteiger charge is -2.35. The molecule has 0 aromatic carbocycles. The molecule has 0 spiro atoms. The highest BCUT2D eigenvalue weighted by atomic mass is 16.2. The van der Waals surface area contributed by atoms with Gasteiger partial charge < -0.3 is 14.7 Å². The number of rotatable bonds is 3. The van der Waals surface area contributed by atoms with Crippen molar-refractivity contribution in [3.05, 3.63) is 42.5 Å². The summed E-state index contributed by atoms with van der Waals surface area (Å²) in [6, 6.07) is 3.80. The van der Waals surface area contributed by atoms with Crippen molar-refractivity contribution in [2.24, 2.45) is 0 Å². The highest BCUT2D eigenvalue weighted by Gasteiger charge is 2.24. The summed E-state index contributed by atoms with van der Waals surface area (Å²) in [4.78, 5) is 32.1. The number of anilines is 2. The Morgan fingerprint density at radius 1 is 0.846 bits per heavy atom. The van der Waals surface area contributed by atoms with Crippen LogP contribution in [0.15, 0.2) is 36.9 Å². The van der Waals surface area contributed by atoms with Crippen molar-refractivity contribution < 1.29 is 4.79 Å². The highest BCUT2D eigenvalue weighted by Crippen LogP contribution is 2.21. The van der Waals surface area contributed by atoms with Crippen molar-refractivity contribution in [3.8, 4) is 0 Å². The van der Waals surface area contributed by atoms with Crippen LogP contribution >= 0.6 is 0 Å². The van der Waals surface area contributed by atoms with Crippen molar-refractivity contribution in [1.29, 1.82) is 0 Å². The first-order chi connectivity index (χ1) is 12.8. The smallest absolute Gasteiger partial charge is 0.255 e. The normalized spacial score (nSPS) is 18.1. The van der Waals surface area contributed by atoms with E-state index in [1.54, 1.807) is 18.6 Å². The molecule has 2 fully saturated rings. The molecule has 26 heavy (non-hydrogen) atoms. The molecule has 2 saturated heterocycles. The molecular formula is C19H24N6O. The summed E-state index contributed by atoms with van der Waals surface area (Å²) >= 11 is 0. The lowest BCUT2D eigenvalue weighted by atomic mass is 10.1. The van der Waals surface area contributed by atoms with Gasteiger partial charge in [-0.1, -0.05) is 0 Å². The van der Waals surface area contributed by atoms with Gasteiger partial charge in [-0.2, -0.15) is 0 Å². The summed E-state index contributed by atoms with van der Waals surface area (Å²) in [6.45, 7) is 4.93. The summed E-state index contributed by atoms with van der Waals surface area (Å²) < 4.78 is 0. The second-order valence-electron chi connectivity index (χ2n) is 6.81. The van der Waals surface area contributed by atoms with Crippen molar-refractivity contribution in [1.82, 2.24) is 19.9 Å². The van der Waals surface area contributed by atoms with E-state index in [0.717, 1.165) is 37.8 Å². The van der Waals surface area contributed by atoms with Crippen LogP contribution < -0.4 is 9.80 Å². The van der Waals surface area contributed by atoms with Gasteiger partial charge in [-0.3, -0.25) is 9.78 Å². The largest absolute Gasteiger partial charge is 0.370 e. The van der Waals surface area contributed by atoms with Crippen molar-refractivity contribution in [2.75, 3.05) is 49.1 Å². The molecular weight excluding hydrogens is 328 g/mol. The van der Waals surface area contributed by atoms with Crippen LogP contribution in [0.5, 0.6) is 0 Å². The van der Waals surface area contributed by atoms with Crippen LogP contribution in [-0.4, -0.2) is 65.0 Å². The van der Waals surface area contributed by atoms with Gasteiger partial charge in [0.1, 0.15) is 0 Å².